The van der Waals surface area contributed by atoms with Crippen molar-refractivity contribution in [2.24, 2.45) is 0 Å². The molecule has 5 rings (SSSR count). The zero-order valence-electron chi connectivity index (χ0n) is 19.2. The van der Waals surface area contributed by atoms with E-state index in [1.165, 1.54) is 29.9 Å². The molecule has 5 aromatic rings. The molecule has 178 valence electrons. The minimum absolute atomic E-state index is 0.225. The van der Waals surface area contributed by atoms with Gasteiger partial charge in [0.1, 0.15) is 24.2 Å². The normalized spacial score (nSPS) is 11.5. The number of anilines is 1. The molecule has 3 heterocycles. The van der Waals surface area contributed by atoms with Crippen molar-refractivity contribution in [2.45, 2.75) is 13.1 Å². The number of fused-ring (bicyclic) bond motifs is 1. The third-order valence-corrected chi connectivity index (χ3v) is 6.65. The van der Waals surface area contributed by atoms with Crippen LogP contribution < -0.4 is 5.32 Å². The monoisotopic (exact) mass is 491 g/mol. The van der Waals surface area contributed by atoms with Crippen molar-refractivity contribution >= 4 is 27.4 Å². The molecule has 0 aliphatic rings. The van der Waals surface area contributed by atoms with Gasteiger partial charge in [0.2, 0.25) is 5.95 Å². The third-order valence-electron chi connectivity index (χ3n) is 5.46. The molecule has 10 heteroatoms. The number of rotatable bonds is 8. The summed E-state index contributed by atoms with van der Waals surface area (Å²) in [5, 5.41) is 8.10. The number of aromatic nitrogens is 5. The van der Waals surface area contributed by atoms with Crippen LogP contribution in [0.4, 0.5) is 14.7 Å². The topological polar surface area (TPSA) is 71.8 Å². The second-order valence-corrected chi connectivity index (χ2v) is 9.40. The molecule has 0 saturated heterocycles. The molecule has 0 aliphatic heterocycles. The van der Waals surface area contributed by atoms with Crippen LogP contribution in [0.1, 0.15) is 5.56 Å². The fourth-order valence-corrected chi connectivity index (χ4v) is 5.10. The van der Waals surface area contributed by atoms with Crippen molar-refractivity contribution in [3.05, 3.63) is 78.5 Å². The molecular weight excluding hydrogens is 468 g/mol. The second kappa shape index (κ2) is 9.85. The molecule has 0 unspecified atom stereocenters. The van der Waals surface area contributed by atoms with Gasteiger partial charge in [0, 0.05) is 17.8 Å². The largest absolute Gasteiger partial charge is 0.352 e. The van der Waals surface area contributed by atoms with E-state index in [4.69, 9.17) is 0 Å². The summed E-state index contributed by atoms with van der Waals surface area (Å²) in [6, 6.07) is 12.7. The van der Waals surface area contributed by atoms with Crippen LogP contribution >= 0.6 is 11.3 Å². The molecule has 0 spiro atoms. The lowest BCUT2D eigenvalue weighted by Crippen LogP contribution is -2.13. The quantitative estimate of drug-likeness (QED) is 0.327. The maximum atomic E-state index is 14.8. The number of halogens is 2. The first-order valence-corrected chi connectivity index (χ1v) is 11.8. The van der Waals surface area contributed by atoms with Crippen LogP contribution in [0.25, 0.3) is 31.8 Å². The van der Waals surface area contributed by atoms with Crippen molar-refractivity contribution in [3.8, 4) is 21.7 Å². The second-order valence-electron chi connectivity index (χ2n) is 8.35. The fourth-order valence-electron chi connectivity index (χ4n) is 3.93. The Labute approximate surface area is 205 Å². The molecule has 2 aromatic carbocycles. The molecular formula is C25H23F2N7S. The molecule has 0 saturated carbocycles. The highest BCUT2D eigenvalue weighted by Crippen LogP contribution is 2.40. The third kappa shape index (κ3) is 5.03. The minimum Gasteiger partial charge on any atom is -0.352 e. The molecule has 0 atom stereocenters. The Hall–Kier alpha value is -3.76. The molecule has 3 aromatic heterocycles. The molecule has 35 heavy (non-hydrogen) atoms. The van der Waals surface area contributed by atoms with Gasteiger partial charge in [0.05, 0.1) is 17.6 Å². The number of hydrogen-bond acceptors (Lipinski definition) is 7. The number of thiophene rings is 1. The van der Waals surface area contributed by atoms with Crippen LogP contribution in [-0.2, 0) is 13.1 Å². The SMILES string of the molecule is CN(C)Cc1ccc(F)cc1-c1cccc2cc(-c3nc(NCCn4cncn4)ncc3F)sc12. The highest BCUT2D eigenvalue weighted by atomic mass is 32.1. The molecule has 0 aliphatic carbocycles. The number of benzene rings is 2. The number of hydrogen-bond donors (Lipinski definition) is 1. The summed E-state index contributed by atoms with van der Waals surface area (Å²) in [6.07, 6.45) is 4.26. The van der Waals surface area contributed by atoms with Gasteiger partial charge in [-0.3, -0.25) is 4.68 Å². The zero-order chi connectivity index (χ0) is 24.4. The van der Waals surface area contributed by atoms with Crippen LogP contribution in [0.15, 0.2) is 61.3 Å². The van der Waals surface area contributed by atoms with Crippen LogP contribution in [0.3, 0.4) is 0 Å². The summed E-state index contributed by atoms with van der Waals surface area (Å²) in [7, 11) is 3.96. The first-order valence-electron chi connectivity index (χ1n) is 11.0. The highest BCUT2D eigenvalue weighted by molar-refractivity contribution is 7.22. The van der Waals surface area contributed by atoms with E-state index in [9.17, 15) is 8.78 Å². The van der Waals surface area contributed by atoms with E-state index in [1.807, 2.05) is 49.3 Å². The Balaban J connectivity index is 1.50. The molecule has 0 amide bonds. The lowest BCUT2D eigenvalue weighted by atomic mass is 9.98. The molecule has 0 bridgehead atoms. The Bertz CT molecular complexity index is 1460. The summed E-state index contributed by atoms with van der Waals surface area (Å²) < 4.78 is 31.7. The van der Waals surface area contributed by atoms with Crippen molar-refractivity contribution in [1.29, 1.82) is 0 Å². The maximum absolute atomic E-state index is 14.8. The Kier molecular flexibility index (Phi) is 6.47. The zero-order valence-corrected chi connectivity index (χ0v) is 20.1. The number of nitrogens with one attached hydrogen (secondary N) is 1. The van der Waals surface area contributed by atoms with Gasteiger partial charge < -0.3 is 10.2 Å². The summed E-state index contributed by atoms with van der Waals surface area (Å²) in [5.41, 5.74) is 2.99. The van der Waals surface area contributed by atoms with E-state index in [1.54, 1.807) is 17.1 Å². The van der Waals surface area contributed by atoms with E-state index in [0.717, 1.165) is 26.8 Å². The van der Waals surface area contributed by atoms with E-state index < -0.39 is 5.82 Å². The average molecular weight is 492 g/mol. The Morgan fingerprint density at radius 2 is 1.97 bits per heavy atom. The van der Waals surface area contributed by atoms with Gasteiger partial charge in [-0.15, -0.1) is 11.3 Å². The van der Waals surface area contributed by atoms with Gasteiger partial charge in [-0.25, -0.2) is 23.7 Å². The lowest BCUT2D eigenvalue weighted by molar-refractivity contribution is 0.403. The van der Waals surface area contributed by atoms with Crippen LogP contribution in [0.2, 0.25) is 0 Å². The molecule has 1 N–H and O–H groups in total. The van der Waals surface area contributed by atoms with Crippen molar-refractivity contribution in [1.82, 2.24) is 29.6 Å². The summed E-state index contributed by atoms with van der Waals surface area (Å²) >= 11 is 1.43. The van der Waals surface area contributed by atoms with Crippen LogP contribution in [-0.4, -0.2) is 50.3 Å². The van der Waals surface area contributed by atoms with Gasteiger partial charge in [-0.2, -0.15) is 5.10 Å². The molecule has 7 nitrogen and oxygen atoms in total. The van der Waals surface area contributed by atoms with Crippen LogP contribution in [0.5, 0.6) is 0 Å². The predicted octanol–water partition coefficient (Wildman–Crippen LogP) is 5.07. The van der Waals surface area contributed by atoms with Gasteiger partial charge >= 0.3 is 0 Å². The van der Waals surface area contributed by atoms with Gasteiger partial charge in [0.25, 0.3) is 0 Å². The average Bonchev–Trinajstić information content (AvgIpc) is 3.51. The molecule has 0 fully saturated rings. The Morgan fingerprint density at radius 3 is 2.77 bits per heavy atom. The predicted molar refractivity (Wildman–Crippen MR) is 134 cm³/mol. The van der Waals surface area contributed by atoms with Crippen LogP contribution in [0, 0.1) is 11.6 Å². The van der Waals surface area contributed by atoms with E-state index >= 15 is 0 Å². The van der Waals surface area contributed by atoms with Crippen molar-refractivity contribution < 1.29 is 8.78 Å². The minimum atomic E-state index is -0.501. The van der Waals surface area contributed by atoms with E-state index in [2.05, 4.69) is 25.4 Å². The summed E-state index contributed by atoms with van der Waals surface area (Å²) in [4.78, 5) is 15.1. The van der Waals surface area contributed by atoms with Gasteiger partial charge in [0.15, 0.2) is 5.82 Å². The summed E-state index contributed by atoms with van der Waals surface area (Å²) in [6.45, 7) is 1.76. The van der Waals surface area contributed by atoms with Gasteiger partial charge in [-0.05, 0) is 54.4 Å². The first kappa shape index (κ1) is 23.0. The molecule has 0 radical (unpaired) electrons. The van der Waals surface area contributed by atoms with E-state index in [0.29, 0.717) is 30.5 Å². The maximum Gasteiger partial charge on any atom is 0.223 e. The smallest absolute Gasteiger partial charge is 0.223 e. The van der Waals surface area contributed by atoms with Gasteiger partial charge in [-0.1, -0.05) is 24.3 Å². The highest BCUT2D eigenvalue weighted by Gasteiger charge is 2.17. The van der Waals surface area contributed by atoms with Crippen molar-refractivity contribution in [3.63, 3.8) is 0 Å². The first-order chi connectivity index (χ1) is 17.0. The van der Waals surface area contributed by atoms with E-state index in [-0.39, 0.29) is 11.5 Å². The number of nitrogens with zero attached hydrogens (tertiary/aromatic N) is 6. The van der Waals surface area contributed by atoms with Crippen molar-refractivity contribution in [2.75, 3.05) is 26.0 Å². The Morgan fingerprint density at radius 1 is 1.09 bits per heavy atom. The summed E-state index contributed by atoms with van der Waals surface area (Å²) in [5.74, 6) is -0.462. The standard InChI is InChI=1S/C25H23F2N7S/c1-33(2)13-17-6-7-18(26)11-20(17)19-5-3-4-16-10-22(35-24(16)19)23-21(27)12-30-25(32-23)29-8-9-34-15-28-14-31-34/h3-7,10-12,14-15H,8-9,13H2,1-2H3,(H,29,30,32). The lowest BCUT2D eigenvalue weighted by Gasteiger charge is -2.15. The fraction of sp³-hybridized carbons (Fsp3) is 0.200.